The number of ketones is 1. The van der Waals surface area contributed by atoms with E-state index in [1.165, 1.54) is 27.6 Å². The van der Waals surface area contributed by atoms with Crippen molar-refractivity contribution in [1.29, 1.82) is 0 Å². The first kappa shape index (κ1) is 14.8. The summed E-state index contributed by atoms with van der Waals surface area (Å²) in [4.78, 5) is 11.8. The van der Waals surface area contributed by atoms with Crippen LogP contribution < -0.4 is 10.9 Å². The maximum absolute atomic E-state index is 11.8. The highest BCUT2D eigenvalue weighted by molar-refractivity contribution is 6.40. The molecule has 0 amide bonds. The molecule has 0 atom stereocenters. The van der Waals surface area contributed by atoms with Gasteiger partial charge in [-0.05, 0) is 37.0 Å². The maximum Gasteiger partial charge on any atom is 0.159 e. The van der Waals surface area contributed by atoms with E-state index in [4.69, 9.17) is 0 Å². The highest BCUT2D eigenvalue weighted by Gasteiger charge is 2.14. The molecule has 0 aliphatic rings. The third-order valence-corrected chi connectivity index (χ3v) is 3.59. The first-order chi connectivity index (χ1) is 8.38. The second kappa shape index (κ2) is 6.08. The minimum Gasteiger partial charge on any atom is -0.294 e. The first-order valence-electron chi connectivity index (χ1n) is 6.63. The van der Waals surface area contributed by atoms with Crippen molar-refractivity contribution in [2.75, 3.05) is 0 Å². The largest absolute Gasteiger partial charge is 0.294 e. The van der Waals surface area contributed by atoms with E-state index in [0.29, 0.717) is 12.3 Å². The van der Waals surface area contributed by atoms with Crippen LogP contribution >= 0.6 is 0 Å². The lowest BCUT2D eigenvalue weighted by Crippen LogP contribution is -2.27. The Balaban J connectivity index is 3.29. The lowest BCUT2D eigenvalue weighted by molar-refractivity contribution is -0.114. The number of carbonyl (C=O) groups is 1. The van der Waals surface area contributed by atoms with Crippen LogP contribution in [0.4, 0.5) is 0 Å². The van der Waals surface area contributed by atoms with Gasteiger partial charge >= 0.3 is 0 Å². The fraction of sp³-hybridized carbons (Fsp3) is 0.400. The van der Waals surface area contributed by atoms with Gasteiger partial charge in [0.15, 0.2) is 5.78 Å². The van der Waals surface area contributed by atoms with Crippen LogP contribution in [0.5, 0.6) is 0 Å². The van der Waals surface area contributed by atoms with E-state index >= 15 is 0 Å². The van der Waals surface area contributed by atoms with Gasteiger partial charge in [-0.25, -0.2) is 0 Å². The molecule has 0 saturated heterocycles. The lowest BCUT2D eigenvalue weighted by Gasteiger charge is -2.20. The molecule has 0 heterocycles. The van der Waals surface area contributed by atoms with Gasteiger partial charge < -0.3 is 0 Å². The lowest BCUT2D eigenvalue weighted by atomic mass is 9.73. The fourth-order valence-corrected chi connectivity index (χ4v) is 2.57. The second-order valence-electron chi connectivity index (χ2n) is 5.31. The molecule has 1 rings (SSSR count). The van der Waals surface area contributed by atoms with Gasteiger partial charge in [0.25, 0.3) is 0 Å². The van der Waals surface area contributed by atoms with Crippen LogP contribution in [0.3, 0.4) is 0 Å². The minimum absolute atomic E-state index is 0.182. The summed E-state index contributed by atoms with van der Waals surface area (Å²) in [6.07, 6.45) is 3.99. The van der Waals surface area contributed by atoms with Gasteiger partial charge in [-0.2, -0.15) is 0 Å². The van der Waals surface area contributed by atoms with Crippen LogP contribution in [-0.4, -0.2) is 21.5 Å². The van der Waals surface area contributed by atoms with Crippen LogP contribution in [0.1, 0.15) is 43.4 Å². The predicted molar refractivity (Wildman–Crippen MR) is 85.1 cm³/mol. The van der Waals surface area contributed by atoms with E-state index in [1.54, 1.807) is 6.08 Å². The van der Waals surface area contributed by atoms with Gasteiger partial charge in [-0.1, -0.05) is 42.5 Å². The standard InChI is InChI=1S/C15H22B2O/c1-5-6-12(18)7-11-8-13(16)10(4)15(17)14(11)9(2)3/h5-6,8-9H,7,16-17H2,1-4H3/b6-5-. The molecule has 0 aliphatic heterocycles. The van der Waals surface area contributed by atoms with Crippen LogP contribution in [0.25, 0.3) is 0 Å². The Labute approximate surface area is 112 Å². The zero-order valence-electron chi connectivity index (χ0n) is 12.4. The van der Waals surface area contributed by atoms with Crippen molar-refractivity contribution in [3.63, 3.8) is 0 Å². The number of carbonyl (C=O) groups excluding carboxylic acids is 1. The Kier molecular flexibility index (Phi) is 5.01. The smallest absolute Gasteiger partial charge is 0.159 e. The average Bonchev–Trinajstić information content (AvgIpc) is 2.25. The summed E-state index contributed by atoms with van der Waals surface area (Å²) in [5, 5.41) is 0. The van der Waals surface area contributed by atoms with Gasteiger partial charge in [0, 0.05) is 6.42 Å². The van der Waals surface area contributed by atoms with E-state index in [2.05, 4.69) is 42.5 Å². The molecule has 0 spiro atoms. The normalized spacial score (nSPS) is 11.4. The van der Waals surface area contributed by atoms with Crippen molar-refractivity contribution < 1.29 is 4.79 Å². The Morgan fingerprint density at radius 3 is 2.50 bits per heavy atom. The van der Waals surface area contributed by atoms with Crippen LogP contribution in [0.15, 0.2) is 18.2 Å². The monoisotopic (exact) mass is 240 g/mol. The van der Waals surface area contributed by atoms with Crippen molar-refractivity contribution in [1.82, 2.24) is 0 Å². The van der Waals surface area contributed by atoms with Crippen molar-refractivity contribution in [2.24, 2.45) is 0 Å². The topological polar surface area (TPSA) is 17.1 Å². The van der Waals surface area contributed by atoms with Crippen molar-refractivity contribution in [3.05, 3.63) is 34.9 Å². The van der Waals surface area contributed by atoms with Crippen LogP contribution in [-0.2, 0) is 11.2 Å². The number of rotatable bonds is 4. The quantitative estimate of drug-likeness (QED) is 0.547. The fourth-order valence-electron chi connectivity index (χ4n) is 2.57. The van der Waals surface area contributed by atoms with Gasteiger partial charge in [-0.15, -0.1) is 0 Å². The highest BCUT2D eigenvalue weighted by Crippen LogP contribution is 2.18. The molecule has 1 aromatic rings. The van der Waals surface area contributed by atoms with E-state index < -0.39 is 0 Å². The average molecular weight is 240 g/mol. The van der Waals surface area contributed by atoms with Crippen molar-refractivity contribution in [3.8, 4) is 0 Å². The number of hydrogen-bond donors (Lipinski definition) is 0. The van der Waals surface area contributed by atoms with Gasteiger partial charge in [0.2, 0.25) is 0 Å². The Bertz CT molecular complexity index is 488. The van der Waals surface area contributed by atoms with E-state index in [9.17, 15) is 4.79 Å². The number of allylic oxidation sites excluding steroid dienone is 2. The molecular formula is C15H22B2O. The SMILES string of the molecule is Bc1cc(CC(=O)/C=C\C)c(C(C)C)c(B)c1C. The third kappa shape index (κ3) is 3.16. The first-order valence-corrected chi connectivity index (χ1v) is 6.63. The third-order valence-electron chi connectivity index (χ3n) is 3.59. The molecule has 1 nitrogen and oxygen atoms in total. The van der Waals surface area contributed by atoms with E-state index in [-0.39, 0.29) is 5.78 Å². The summed E-state index contributed by atoms with van der Waals surface area (Å²) in [7, 11) is 4.29. The number of benzene rings is 1. The van der Waals surface area contributed by atoms with Crippen molar-refractivity contribution in [2.45, 2.75) is 40.0 Å². The van der Waals surface area contributed by atoms with E-state index in [0.717, 1.165) is 0 Å². The predicted octanol–water partition coefficient (Wildman–Crippen LogP) is 0.323. The van der Waals surface area contributed by atoms with Crippen LogP contribution in [0, 0.1) is 6.92 Å². The molecule has 3 heteroatoms. The Morgan fingerprint density at radius 2 is 2.00 bits per heavy atom. The van der Waals surface area contributed by atoms with Gasteiger partial charge in [-0.3, -0.25) is 4.79 Å². The number of hydrogen-bond acceptors (Lipinski definition) is 1. The molecule has 0 saturated carbocycles. The zero-order chi connectivity index (χ0) is 13.9. The summed E-state index contributed by atoms with van der Waals surface area (Å²) in [6.45, 7) is 8.43. The molecule has 0 aliphatic carbocycles. The Morgan fingerprint density at radius 1 is 1.39 bits per heavy atom. The minimum atomic E-state index is 0.182. The van der Waals surface area contributed by atoms with Gasteiger partial charge in [0.1, 0.15) is 15.7 Å². The summed E-state index contributed by atoms with van der Waals surface area (Å²) < 4.78 is 0. The molecule has 0 unspecified atom stereocenters. The second-order valence-corrected chi connectivity index (χ2v) is 5.31. The zero-order valence-corrected chi connectivity index (χ0v) is 12.4. The summed E-state index contributed by atoms with van der Waals surface area (Å²) in [5.41, 5.74) is 6.50. The summed E-state index contributed by atoms with van der Waals surface area (Å²) in [5.74, 6) is 0.639. The maximum atomic E-state index is 11.8. The molecule has 0 radical (unpaired) electrons. The molecule has 0 bridgehead atoms. The molecule has 0 fully saturated rings. The van der Waals surface area contributed by atoms with Gasteiger partial charge in [0.05, 0.1) is 0 Å². The molecule has 1 aromatic carbocycles. The Hall–Kier alpha value is -1.24. The molecule has 0 aromatic heterocycles. The van der Waals surface area contributed by atoms with Crippen LogP contribution in [0.2, 0.25) is 0 Å². The molecule has 18 heavy (non-hydrogen) atoms. The molecule has 0 N–H and O–H groups in total. The summed E-state index contributed by atoms with van der Waals surface area (Å²) >= 11 is 0. The van der Waals surface area contributed by atoms with E-state index in [1.807, 2.05) is 13.0 Å². The molecular weight excluding hydrogens is 218 g/mol. The van der Waals surface area contributed by atoms with Crippen molar-refractivity contribution >= 4 is 32.4 Å². The summed E-state index contributed by atoms with van der Waals surface area (Å²) in [6, 6.07) is 2.18. The highest BCUT2D eigenvalue weighted by atomic mass is 16.1. The molecule has 94 valence electrons.